The monoisotopic (exact) mass is 346 g/mol. The first kappa shape index (κ1) is 16.8. The van der Waals surface area contributed by atoms with Crippen molar-refractivity contribution in [2.75, 3.05) is 18.4 Å². The number of anilines is 1. The maximum Gasteiger partial charge on any atom is 0.407 e. The number of hydrogen-bond donors (Lipinski definition) is 2. The van der Waals surface area contributed by atoms with E-state index < -0.39 is 11.7 Å². The van der Waals surface area contributed by atoms with Gasteiger partial charge in [0, 0.05) is 18.8 Å². The van der Waals surface area contributed by atoms with E-state index in [0.29, 0.717) is 17.6 Å². The van der Waals surface area contributed by atoms with E-state index in [-0.39, 0.29) is 5.82 Å². The van der Waals surface area contributed by atoms with Gasteiger partial charge in [0.25, 0.3) is 0 Å². The predicted octanol–water partition coefficient (Wildman–Crippen LogP) is 3.91. The third-order valence-corrected chi connectivity index (χ3v) is 2.88. The number of carbonyl (C=O) groups is 1. The third-order valence-electron chi connectivity index (χ3n) is 2.27. The first-order valence-electron chi connectivity index (χ1n) is 6.44. The lowest BCUT2D eigenvalue weighted by atomic mass is 10.2. The number of amides is 1. The van der Waals surface area contributed by atoms with Crippen molar-refractivity contribution in [2.24, 2.45) is 0 Å². The van der Waals surface area contributed by atoms with Gasteiger partial charge in [0.2, 0.25) is 0 Å². The molecule has 0 heterocycles. The lowest BCUT2D eigenvalue weighted by Crippen LogP contribution is -2.33. The maximum absolute atomic E-state index is 13.0. The average Bonchev–Trinajstić information content (AvgIpc) is 2.31. The summed E-state index contributed by atoms with van der Waals surface area (Å²) in [6, 6.07) is 4.74. The highest BCUT2D eigenvalue weighted by Gasteiger charge is 2.15. The Kier molecular flexibility index (Phi) is 6.26. The second-order valence-corrected chi connectivity index (χ2v) is 6.19. The zero-order valence-corrected chi connectivity index (χ0v) is 13.5. The fourth-order valence-corrected chi connectivity index (χ4v) is 1.81. The molecule has 0 atom stereocenters. The predicted molar refractivity (Wildman–Crippen MR) is 81.4 cm³/mol. The first-order chi connectivity index (χ1) is 9.28. The Balaban J connectivity index is 2.19. The van der Waals surface area contributed by atoms with Crippen LogP contribution < -0.4 is 10.6 Å². The van der Waals surface area contributed by atoms with Gasteiger partial charge in [0.05, 0.1) is 4.47 Å². The molecular formula is C14H20BrFN2O2. The van der Waals surface area contributed by atoms with Crippen molar-refractivity contribution in [3.05, 3.63) is 28.5 Å². The Morgan fingerprint density at radius 2 is 2.05 bits per heavy atom. The van der Waals surface area contributed by atoms with Crippen LogP contribution in [0.2, 0.25) is 0 Å². The van der Waals surface area contributed by atoms with Crippen LogP contribution in [-0.4, -0.2) is 24.8 Å². The van der Waals surface area contributed by atoms with Crippen LogP contribution in [0.25, 0.3) is 0 Å². The molecule has 1 rings (SSSR count). The van der Waals surface area contributed by atoms with Crippen molar-refractivity contribution in [2.45, 2.75) is 32.8 Å². The van der Waals surface area contributed by atoms with Crippen LogP contribution in [0.1, 0.15) is 27.2 Å². The Morgan fingerprint density at radius 1 is 1.35 bits per heavy atom. The minimum atomic E-state index is -0.483. The molecule has 0 spiro atoms. The van der Waals surface area contributed by atoms with Gasteiger partial charge >= 0.3 is 6.09 Å². The number of carbonyl (C=O) groups excluding carboxylic acids is 1. The van der Waals surface area contributed by atoms with Crippen molar-refractivity contribution in [3.63, 3.8) is 0 Å². The maximum atomic E-state index is 13.0. The van der Waals surface area contributed by atoms with Gasteiger partial charge in [-0.25, -0.2) is 9.18 Å². The van der Waals surface area contributed by atoms with Crippen LogP contribution in [0.5, 0.6) is 0 Å². The van der Waals surface area contributed by atoms with Crippen molar-refractivity contribution in [1.29, 1.82) is 0 Å². The summed E-state index contributed by atoms with van der Waals surface area (Å²) < 4.78 is 18.6. The zero-order valence-electron chi connectivity index (χ0n) is 11.9. The second kappa shape index (κ2) is 7.47. The van der Waals surface area contributed by atoms with E-state index in [2.05, 4.69) is 26.6 Å². The van der Waals surface area contributed by atoms with Crippen molar-refractivity contribution in [3.8, 4) is 0 Å². The number of ether oxygens (including phenoxy) is 1. The van der Waals surface area contributed by atoms with Gasteiger partial charge in [-0.05, 0) is 61.3 Å². The van der Waals surface area contributed by atoms with Crippen molar-refractivity contribution < 1.29 is 13.9 Å². The number of hydrogen-bond acceptors (Lipinski definition) is 3. The van der Waals surface area contributed by atoms with Gasteiger partial charge < -0.3 is 15.4 Å². The number of halogens is 2. The molecule has 0 radical (unpaired) electrons. The van der Waals surface area contributed by atoms with Crippen LogP contribution in [0.4, 0.5) is 14.9 Å². The summed E-state index contributed by atoms with van der Waals surface area (Å²) in [5.41, 5.74) is 0.346. The normalized spacial score (nSPS) is 11.1. The summed E-state index contributed by atoms with van der Waals surface area (Å²) in [6.45, 7) is 6.65. The van der Waals surface area contributed by atoms with E-state index in [1.165, 1.54) is 6.07 Å². The van der Waals surface area contributed by atoms with E-state index in [1.807, 2.05) is 20.8 Å². The molecule has 20 heavy (non-hydrogen) atoms. The van der Waals surface area contributed by atoms with Gasteiger partial charge in [0.15, 0.2) is 0 Å². The summed E-state index contributed by atoms with van der Waals surface area (Å²) in [6.07, 6.45) is 0.329. The topological polar surface area (TPSA) is 50.4 Å². The molecule has 0 saturated heterocycles. The smallest absolute Gasteiger partial charge is 0.407 e. The van der Waals surface area contributed by atoms with E-state index in [1.54, 1.807) is 12.1 Å². The Hall–Kier alpha value is -1.30. The zero-order chi connectivity index (χ0) is 15.2. The summed E-state index contributed by atoms with van der Waals surface area (Å²) in [4.78, 5) is 11.4. The third kappa shape index (κ3) is 6.75. The number of benzene rings is 1. The Bertz CT molecular complexity index is 461. The van der Waals surface area contributed by atoms with Gasteiger partial charge in [-0.2, -0.15) is 0 Å². The SMILES string of the molecule is CC(C)(C)OC(=O)NCCCNc1ccc(F)c(Br)c1. The molecule has 0 aliphatic carbocycles. The van der Waals surface area contributed by atoms with Crippen LogP contribution in [0.3, 0.4) is 0 Å². The van der Waals surface area contributed by atoms with E-state index in [0.717, 1.165) is 12.1 Å². The molecule has 0 aliphatic heterocycles. The molecule has 6 heteroatoms. The van der Waals surface area contributed by atoms with E-state index in [9.17, 15) is 9.18 Å². The summed E-state index contributed by atoms with van der Waals surface area (Å²) >= 11 is 3.13. The van der Waals surface area contributed by atoms with Crippen LogP contribution in [0.15, 0.2) is 22.7 Å². The molecule has 0 bridgehead atoms. The van der Waals surface area contributed by atoms with Crippen molar-refractivity contribution >= 4 is 27.7 Å². The molecular weight excluding hydrogens is 327 g/mol. The first-order valence-corrected chi connectivity index (χ1v) is 7.23. The molecule has 0 saturated carbocycles. The van der Waals surface area contributed by atoms with Crippen LogP contribution in [-0.2, 0) is 4.74 Å². The van der Waals surface area contributed by atoms with Gasteiger partial charge in [0.1, 0.15) is 11.4 Å². The molecule has 112 valence electrons. The molecule has 4 nitrogen and oxygen atoms in total. The largest absolute Gasteiger partial charge is 0.444 e. The van der Waals surface area contributed by atoms with Gasteiger partial charge in [-0.1, -0.05) is 0 Å². The van der Waals surface area contributed by atoms with Crippen LogP contribution in [0, 0.1) is 5.82 Å². The van der Waals surface area contributed by atoms with Gasteiger partial charge in [-0.3, -0.25) is 0 Å². The molecule has 0 aromatic heterocycles. The molecule has 0 aliphatic rings. The minimum absolute atomic E-state index is 0.290. The molecule has 0 fully saturated rings. The lowest BCUT2D eigenvalue weighted by Gasteiger charge is -2.19. The lowest BCUT2D eigenvalue weighted by molar-refractivity contribution is 0.0528. The fraction of sp³-hybridized carbons (Fsp3) is 0.500. The average molecular weight is 347 g/mol. The highest BCUT2D eigenvalue weighted by Crippen LogP contribution is 2.19. The molecule has 2 N–H and O–H groups in total. The summed E-state index contributed by atoms with van der Waals surface area (Å²) in [5.74, 6) is -0.290. The second-order valence-electron chi connectivity index (χ2n) is 5.34. The van der Waals surface area contributed by atoms with Crippen LogP contribution >= 0.6 is 15.9 Å². The number of alkyl carbamates (subject to hydrolysis) is 1. The number of nitrogens with one attached hydrogen (secondary N) is 2. The Morgan fingerprint density at radius 3 is 2.65 bits per heavy atom. The Labute approximate surface area is 127 Å². The molecule has 0 unspecified atom stereocenters. The fourth-order valence-electron chi connectivity index (χ4n) is 1.43. The summed E-state index contributed by atoms with van der Waals surface area (Å²) in [7, 11) is 0. The van der Waals surface area contributed by atoms with Crippen molar-refractivity contribution in [1.82, 2.24) is 5.32 Å². The summed E-state index contributed by atoms with van der Waals surface area (Å²) in [5, 5.41) is 5.82. The minimum Gasteiger partial charge on any atom is -0.444 e. The highest BCUT2D eigenvalue weighted by atomic mass is 79.9. The standard InChI is InChI=1S/C14H20BrFN2O2/c1-14(2,3)20-13(19)18-8-4-7-17-10-5-6-12(16)11(15)9-10/h5-6,9,17H,4,7-8H2,1-3H3,(H,18,19). The molecule has 1 amide bonds. The van der Waals surface area contributed by atoms with Gasteiger partial charge in [-0.15, -0.1) is 0 Å². The molecule has 1 aromatic rings. The van der Waals surface area contributed by atoms with E-state index in [4.69, 9.17) is 4.74 Å². The number of rotatable bonds is 5. The van der Waals surface area contributed by atoms with E-state index >= 15 is 0 Å². The highest BCUT2D eigenvalue weighted by molar-refractivity contribution is 9.10. The molecule has 1 aromatic carbocycles. The quantitative estimate of drug-likeness (QED) is 0.794.